The van der Waals surface area contributed by atoms with Gasteiger partial charge in [-0.05, 0) is 18.6 Å². The van der Waals surface area contributed by atoms with Crippen LogP contribution >= 0.6 is 11.3 Å². The Kier molecular flexibility index (Phi) is 4.08. The van der Waals surface area contributed by atoms with Crippen LogP contribution in [0, 0.1) is 0 Å². The second-order valence-corrected chi connectivity index (χ2v) is 4.99. The number of carbonyl (C=O) groups is 1. The van der Waals surface area contributed by atoms with E-state index in [1.54, 1.807) is 24.3 Å². The molecular formula is C12H13N3O3S. The van der Waals surface area contributed by atoms with Crippen molar-refractivity contribution in [1.82, 2.24) is 9.99 Å². The van der Waals surface area contributed by atoms with E-state index < -0.39 is 0 Å². The summed E-state index contributed by atoms with van der Waals surface area (Å²) in [5.74, 6) is 4.64. The maximum atomic E-state index is 12.1. The first kappa shape index (κ1) is 13.4. The Bertz CT molecular complexity index is 720. The molecule has 0 atom stereocenters. The molecule has 0 saturated carbocycles. The molecule has 0 bridgehead atoms. The Morgan fingerprint density at radius 3 is 2.79 bits per heavy atom. The molecule has 2 aromatic rings. The second kappa shape index (κ2) is 5.77. The number of carbonyl (C=O) groups excluding carboxylic acids is 1. The van der Waals surface area contributed by atoms with Gasteiger partial charge in [-0.15, -0.1) is 0 Å². The Morgan fingerprint density at radius 2 is 2.05 bits per heavy atom. The summed E-state index contributed by atoms with van der Waals surface area (Å²) >= 11 is 1.03. The summed E-state index contributed by atoms with van der Waals surface area (Å²) in [5.41, 5.74) is 1.70. The molecule has 0 aliphatic heterocycles. The lowest BCUT2D eigenvalue weighted by Gasteiger charge is -2.05. The number of fused-ring (bicyclic) bond motifs is 1. The van der Waals surface area contributed by atoms with E-state index in [0.717, 1.165) is 15.9 Å². The van der Waals surface area contributed by atoms with Gasteiger partial charge in [0.15, 0.2) is 0 Å². The maximum Gasteiger partial charge on any atom is 0.310 e. The average molecular weight is 279 g/mol. The standard InChI is InChI=1S/C12H13N3O3S/c13-14-10(16)6-3-7-15-11(17)8-4-1-2-5-9(8)19-12(15)18/h1-2,4-5H,3,6-7,13H2,(H,14,16). The largest absolute Gasteiger partial charge is 0.310 e. The second-order valence-electron chi connectivity index (χ2n) is 3.99. The summed E-state index contributed by atoms with van der Waals surface area (Å²) in [6, 6.07) is 6.98. The number of aromatic nitrogens is 1. The molecule has 0 saturated heterocycles. The molecule has 0 aliphatic carbocycles. The van der Waals surface area contributed by atoms with Crippen LogP contribution < -0.4 is 21.7 Å². The molecule has 1 aromatic heterocycles. The van der Waals surface area contributed by atoms with Gasteiger partial charge in [-0.3, -0.25) is 24.4 Å². The molecule has 19 heavy (non-hydrogen) atoms. The fraction of sp³-hybridized carbons (Fsp3) is 0.250. The van der Waals surface area contributed by atoms with Crippen molar-refractivity contribution >= 4 is 27.3 Å². The molecule has 2 rings (SSSR count). The normalized spacial score (nSPS) is 10.6. The van der Waals surface area contributed by atoms with Gasteiger partial charge in [0.2, 0.25) is 5.91 Å². The molecule has 3 N–H and O–H groups in total. The van der Waals surface area contributed by atoms with Crippen LogP contribution in [0.25, 0.3) is 10.1 Å². The van der Waals surface area contributed by atoms with Crippen LogP contribution in [0.4, 0.5) is 0 Å². The molecule has 0 radical (unpaired) electrons. The average Bonchev–Trinajstić information content (AvgIpc) is 2.42. The summed E-state index contributed by atoms with van der Waals surface area (Å²) < 4.78 is 1.84. The van der Waals surface area contributed by atoms with E-state index >= 15 is 0 Å². The van der Waals surface area contributed by atoms with Gasteiger partial charge in [0, 0.05) is 17.7 Å². The van der Waals surface area contributed by atoms with E-state index in [4.69, 9.17) is 5.84 Å². The Hall–Kier alpha value is -1.99. The van der Waals surface area contributed by atoms with Crippen molar-refractivity contribution in [2.45, 2.75) is 19.4 Å². The third-order valence-corrected chi connectivity index (χ3v) is 3.70. The molecule has 1 aromatic carbocycles. The molecule has 1 heterocycles. The van der Waals surface area contributed by atoms with Gasteiger partial charge in [-0.1, -0.05) is 23.5 Å². The minimum atomic E-state index is -0.315. The number of hydrazine groups is 1. The summed E-state index contributed by atoms with van der Waals surface area (Å²) in [6.07, 6.45) is 0.573. The van der Waals surface area contributed by atoms with Gasteiger partial charge < -0.3 is 0 Å². The summed E-state index contributed by atoms with van der Waals surface area (Å²) in [6.45, 7) is 0.215. The van der Waals surface area contributed by atoms with Gasteiger partial charge in [0.05, 0.1) is 5.39 Å². The SMILES string of the molecule is NNC(=O)CCCn1c(=O)sc2ccccc2c1=O. The topological polar surface area (TPSA) is 94.2 Å². The molecule has 0 unspecified atom stereocenters. The minimum Gasteiger partial charge on any atom is -0.294 e. The highest BCUT2D eigenvalue weighted by Gasteiger charge is 2.08. The first-order valence-electron chi connectivity index (χ1n) is 5.75. The zero-order valence-electron chi connectivity index (χ0n) is 10.1. The van der Waals surface area contributed by atoms with Crippen LogP contribution in [0.5, 0.6) is 0 Å². The Labute approximate surface area is 112 Å². The van der Waals surface area contributed by atoms with E-state index in [9.17, 15) is 14.4 Å². The third-order valence-electron chi connectivity index (χ3n) is 2.73. The summed E-state index contributed by atoms with van der Waals surface area (Å²) in [5, 5.41) is 0.523. The van der Waals surface area contributed by atoms with Crippen molar-refractivity contribution in [2.24, 2.45) is 5.84 Å². The number of amides is 1. The minimum absolute atomic E-state index is 0.180. The van der Waals surface area contributed by atoms with E-state index in [1.807, 2.05) is 5.43 Å². The van der Waals surface area contributed by atoms with E-state index in [-0.39, 0.29) is 29.3 Å². The van der Waals surface area contributed by atoms with E-state index in [2.05, 4.69) is 0 Å². The van der Waals surface area contributed by atoms with Crippen molar-refractivity contribution in [3.63, 3.8) is 0 Å². The number of hydrogen-bond acceptors (Lipinski definition) is 5. The van der Waals surface area contributed by atoms with Crippen LogP contribution in [-0.4, -0.2) is 10.5 Å². The van der Waals surface area contributed by atoms with E-state index in [0.29, 0.717) is 16.5 Å². The van der Waals surface area contributed by atoms with Crippen LogP contribution in [0.15, 0.2) is 33.9 Å². The highest BCUT2D eigenvalue weighted by atomic mass is 32.1. The molecule has 7 heteroatoms. The van der Waals surface area contributed by atoms with Gasteiger partial charge in [0.1, 0.15) is 0 Å². The van der Waals surface area contributed by atoms with Crippen molar-refractivity contribution < 1.29 is 4.79 Å². The number of nitrogens with two attached hydrogens (primary N) is 1. The predicted molar refractivity (Wildman–Crippen MR) is 73.9 cm³/mol. The Balaban J connectivity index is 2.31. The van der Waals surface area contributed by atoms with Crippen LogP contribution in [-0.2, 0) is 11.3 Å². The highest BCUT2D eigenvalue weighted by Crippen LogP contribution is 2.10. The van der Waals surface area contributed by atoms with Crippen LogP contribution in [0.1, 0.15) is 12.8 Å². The molecular weight excluding hydrogens is 266 g/mol. The molecule has 0 fully saturated rings. The molecule has 100 valence electrons. The number of nitrogens with zero attached hydrogens (tertiary/aromatic N) is 1. The van der Waals surface area contributed by atoms with Crippen LogP contribution in [0.2, 0.25) is 0 Å². The Morgan fingerprint density at radius 1 is 1.32 bits per heavy atom. The van der Waals surface area contributed by atoms with Crippen molar-refractivity contribution in [3.8, 4) is 0 Å². The van der Waals surface area contributed by atoms with E-state index in [1.165, 1.54) is 0 Å². The number of benzene rings is 1. The lowest BCUT2D eigenvalue weighted by Crippen LogP contribution is -2.33. The smallest absolute Gasteiger partial charge is 0.294 e. The summed E-state index contributed by atoms with van der Waals surface area (Å²) in [4.78, 5) is 34.7. The first-order valence-corrected chi connectivity index (χ1v) is 6.57. The zero-order chi connectivity index (χ0) is 13.8. The number of hydrogen-bond donors (Lipinski definition) is 2. The lowest BCUT2D eigenvalue weighted by molar-refractivity contribution is -0.121. The summed E-state index contributed by atoms with van der Waals surface area (Å²) in [7, 11) is 0. The fourth-order valence-electron chi connectivity index (χ4n) is 1.77. The monoisotopic (exact) mass is 279 g/mol. The molecule has 0 spiro atoms. The van der Waals surface area contributed by atoms with Gasteiger partial charge in [0.25, 0.3) is 5.56 Å². The highest BCUT2D eigenvalue weighted by molar-refractivity contribution is 7.16. The fourth-order valence-corrected chi connectivity index (χ4v) is 2.66. The van der Waals surface area contributed by atoms with Crippen molar-refractivity contribution in [3.05, 3.63) is 44.3 Å². The number of nitrogens with one attached hydrogen (secondary N) is 1. The van der Waals surface area contributed by atoms with Gasteiger partial charge in [-0.2, -0.15) is 0 Å². The van der Waals surface area contributed by atoms with Gasteiger partial charge >= 0.3 is 4.87 Å². The first-order chi connectivity index (χ1) is 9.13. The van der Waals surface area contributed by atoms with Crippen LogP contribution in [0.3, 0.4) is 0 Å². The molecule has 0 aliphatic rings. The molecule has 6 nitrogen and oxygen atoms in total. The van der Waals surface area contributed by atoms with Crippen molar-refractivity contribution in [1.29, 1.82) is 0 Å². The maximum absolute atomic E-state index is 12.1. The quantitative estimate of drug-likeness (QED) is 0.474. The number of rotatable bonds is 4. The predicted octanol–water partition coefficient (Wildman–Crippen LogP) is 0.193. The lowest BCUT2D eigenvalue weighted by atomic mass is 10.2. The van der Waals surface area contributed by atoms with Crippen molar-refractivity contribution in [2.75, 3.05) is 0 Å². The third kappa shape index (κ3) is 2.88. The van der Waals surface area contributed by atoms with Gasteiger partial charge in [-0.25, -0.2) is 5.84 Å². The molecule has 1 amide bonds. The zero-order valence-corrected chi connectivity index (χ0v) is 10.9.